The van der Waals surface area contributed by atoms with Crippen molar-refractivity contribution in [2.24, 2.45) is 5.92 Å². The molecule has 5 N–H and O–H groups in total. The van der Waals surface area contributed by atoms with Crippen molar-refractivity contribution in [3.05, 3.63) is 0 Å². The second kappa shape index (κ2) is 3.88. The van der Waals surface area contributed by atoms with Crippen molar-refractivity contribution in [3.63, 3.8) is 0 Å². The average molecular weight is 260 g/mol. The van der Waals surface area contributed by atoms with Crippen LogP contribution in [-0.4, -0.2) is 67.3 Å². The van der Waals surface area contributed by atoms with E-state index in [0.29, 0.717) is 0 Å². The Morgan fingerprint density at radius 3 is 2.33 bits per heavy atom. The van der Waals surface area contributed by atoms with Crippen LogP contribution >= 0.6 is 0 Å². The van der Waals surface area contributed by atoms with Gasteiger partial charge in [0.2, 0.25) is 5.91 Å². The number of aliphatic hydroxyl groups is 4. The predicted octanol–water partition coefficient (Wildman–Crippen LogP) is -2.42. The molecule has 7 heteroatoms. The summed E-state index contributed by atoms with van der Waals surface area (Å²) in [7, 11) is 0. The molecule has 18 heavy (non-hydrogen) atoms. The lowest BCUT2D eigenvalue weighted by molar-refractivity contribution is -0.253. The van der Waals surface area contributed by atoms with Gasteiger partial charge in [0.05, 0.1) is 18.2 Å². The van der Waals surface area contributed by atoms with Crippen LogP contribution in [0.2, 0.25) is 0 Å². The highest BCUT2D eigenvalue weighted by Gasteiger charge is 2.74. The van der Waals surface area contributed by atoms with E-state index in [9.17, 15) is 25.2 Å². The summed E-state index contributed by atoms with van der Waals surface area (Å²) in [4.78, 5) is 11.7. The maximum Gasteiger partial charge on any atom is 0.234 e. The largest absolute Gasteiger partial charge is 0.396 e. The lowest BCUT2D eigenvalue weighted by Gasteiger charge is -2.58. The highest BCUT2D eigenvalue weighted by Crippen LogP contribution is 2.51. The lowest BCUT2D eigenvalue weighted by Crippen LogP contribution is -2.80. The zero-order valence-corrected chi connectivity index (χ0v) is 10.7. The minimum atomic E-state index is -1.37. The molecule has 1 aliphatic heterocycles. The molecule has 0 radical (unpaired) electrons. The van der Waals surface area contributed by atoms with Crippen molar-refractivity contribution in [1.82, 2.24) is 10.4 Å². The predicted molar refractivity (Wildman–Crippen MR) is 61.1 cm³/mol. The number of carbonyl (C=O) groups excluding carboxylic acids is 1. The first-order chi connectivity index (χ1) is 8.21. The summed E-state index contributed by atoms with van der Waals surface area (Å²) >= 11 is 0. The maximum absolute atomic E-state index is 11.7. The molecular weight excluding hydrogens is 240 g/mol. The fourth-order valence-corrected chi connectivity index (χ4v) is 3.28. The van der Waals surface area contributed by atoms with E-state index >= 15 is 0 Å². The molecule has 5 unspecified atom stereocenters. The van der Waals surface area contributed by atoms with Crippen LogP contribution in [0.15, 0.2) is 0 Å². The molecule has 2 rings (SSSR count). The first-order valence-corrected chi connectivity index (χ1v) is 5.95. The van der Waals surface area contributed by atoms with E-state index < -0.39 is 41.9 Å². The fraction of sp³-hybridized carbons (Fsp3) is 0.909. The molecular formula is C11H20N2O5. The number of nitrogens with zero attached hydrogens (tertiary/aromatic N) is 1. The standard InChI is InChI=1S/C11H20N2O5/c1-5(15)13-11(9(18)10(2,3)12-13)6(4-14)7(16)8(11)17/h6-9,12,14,16-18H,4H2,1-3H3. The molecule has 1 saturated carbocycles. The molecule has 2 fully saturated rings. The highest BCUT2D eigenvalue weighted by atomic mass is 16.4. The minimum Gasteiger partial charge on any atom is -0.396 e. The molecule has 104 valence electrons. The fourth-order valence-electron chi connectivity index (χ4n) is 3.28. The van der Waals surface area contributed by atoms with Crippen LogP contribution in [0.3, 0.4) is 0 Å². The zero-order valence-electron chi connectivity index (χ0n) is 10.7. The third kappa shape index (κ3) is 1.33. The smallest absolute Gasteiger partial charge is 0.234 e. The number of amides is 1. The molecule has 1 amide bonds. The Balaban J connectivity index is 2.48. The quantitative estimate of drug-likeness (QED) is 0.358. The normalized spacial score (nSPS) is 46.3. The van der Waals surface area contributed by atoms with Gasteiger partial charge in [-0.1, -0.05) is 0 Å². The second-order valence-corrected chi connectivity index (χ2v) is 5.70. The highest BCUT2D eigenvalue weighted by molar-refractivity contribution is 5.75. The van der Waals surface area contributed by atoms with E-state index in [1.807, 2.05) is 0 Å². The molecule has 5 atom stereocenters. The Morgan fingerprint density at radius 1 is 1.33 bits per heavy atom. The summed E-state index contributed by atoms with van der Waals surface area (Å²) < 4.78 is 0. The Morgan fingerprint density at radius 2 is 1.89 bits per heavy atom. The van der Waals surface area contributed by atoms with Gasteiger partial charge < -0.3 is 20.4 Å². The van der Waals surface area contributed by atoms with Gasteiger partial charge in [-0.05, 0) is 13.8 Å². The van der Waals surface area contributed by atoms with Gasteiger partial charge in [0.1, 0.15) is 17.7 Å². The summed E-state index contributed by atoms with van der Waals surface area (Å²) in [6.45, 7) is 4.26. The summed E-state index contributed by atoms with van der Waals surface area (Å²) in [5.74, 6) is -1.16. The number of carbonyl (C=O) groups is 1. The third-order valence-corrected chi connectivity index (χ3v) is 4.22. The van der Waals surface area contributed by atoms with Crippen molar-refractivity contribution in [2.75, 3.05) is 6.61 Å². The van der Waals surface area contributed by atoms with Gasteiger partial charge in [-0.2, -0.15) is 0 Å². The molecule has 0 aromatic carbocycles. The number of hydrazine groups is 1. The minimum absolute atomic E-state index is 0.385. The number of hydrogen-bond donors (Lipinski definition) is 5. The first-order valence-electron chi connectivity index (χ1n) is 5.95. The summed E-state index contributed by atoms with van der Waals surface area (Å²) in [5.41, 5.74) is 0.634. The van der Waals surface area contributed by atoms with Gasteiger partial charge in [-0.3, -0.25) is 9.80 Å². The summed E-state index contributed by atoms with van der Waals surface area (Å²) in [5, 5.41) is 40.6. The van der Waals surface area contributed by atoms with E-state index in [2.05, 4.69) is 5.43 Å². The van der Waals surface area contributed by atoms with E-state index in [4.69, 9.17) is 0 Å². The molecule has 1 spiro atoms. The third-order valence-electron chi connectivity index (χ3n) is 4.22. The first kappa shape index (κ1) is 13.7. The zero-order chi connectivity index (χ0) is 13.9. The van der Waals surface area contributed by atoms with Crippen molar-refractivity contribution in [1.29, 1.82) is 0 Å². The van der Waals surface area contributed by atoms with Crippen molar-refractivity contribution < 1.29 is 25.2 Å². The SMILES string of the molecule is CC(=O)N1NC(C)(C)C(O)C12C(O)C(O)C2CO. The monoisotopic (exact) mass is 260 g/mol. The molecule has 0 aromatic heterocycles. The number of rotatable bonds is 1. The topological polar surface area (TPSA) is 113 Å². The molecule has 7 nitrogen and oxygen atoms in total. The van der Waals surface area contributed by atoms with Crippen molar-refractivity contribution >= 4 is 5.91 Å². The van der Waals surface area contributed by atoms with Crippen LogP contribution in [0, 0.1) is 5.92 Å². The second-order valence-electron chi connectivity index (χ2n) is 5.70. The Hall–Kier alpha value is -0.730. The number of aliphatic hydroxyl groups excluding tert-OH is 4. The van der Waals surface area contributed by atoms with E-state index in [-0.39, 0.29) is 5.91 Å². The van der Waals surface area contributed by atoms with E-state index in [1.165, 1.54) is 6.92 Å². The summed E-state index contributed by atoms with van der Waals surface area (Å²) in [6, 6.07) is 0. The molecule has 1 aliphatic carbocycles. The van der Waals surface area contributed by atoms with E-state index in [0.717, 1.165) is 5.01 Å². The lowest BCUT2D eigenvalue weighted by atomic mass is 9.57. The Kier molecular flexibility index (Phi) is 2.95. The van der Waals surface area contributed by atoms with Gasteiger partial charge in [0.15, 0.2) is 0 Å². The Bertz CT molecular complexity index is 374. The Labute approximate surface area is 105 Å². The number of nitrogens with one attached hydrogen (secondary N) is 1. The molecule has 0 bridgehead atoms. The molecule has 1 saturated heterocycles. The van der Waals surface area contributed by atoms with Crippen LogP contribution < -0.4 is 5.43 Å². The van der Waals surface area contributed by atoms with Gasteiger partial charge >= 0.3 is 0 Å². The summed E-state index contributed by atoms with van der Waals surface area (Å²) in [6.07, 6.45) is -3.53. The van der Waals surface area contributed by atoms with Crippen LogP contribution in [0.5, 0.6) is 0 Å². The van der Waals surface area contributed by atoms with Crippen LogP contribution in [0.4, 0.5) is 0 Å². The molecule has 0 aromatic rings. The van der Waals surface area contributed by atoms with Gasteiger partial charge in [-0.15, -0.1) is 0 Å². The van der Waals surface area contributed by atoms with Crippen LogP contribution in [-0.2, 0) is 4.79 Å². The van der Waals surface area contributed by atoms with E-state index in [1.54, 1.807) is 13.8 Å². The number of hydrogen-bond acceptors (Lipinski definition) is 6. The maximum atomic E-state index is 11.7. The van der Waals surface area contributed by atoms with Crippen LogP contribution in [0.1, 0.15) is 20.8 Å². The molecule has 1 heterocycles. The van der Waals surface area contributed by atoms with Gasteiger partial charge in [0.25, 0.3) is 0 Å². The van der Waals surface area contributed by atoms with Crippen molar-refractivity contribution in [2.45, 2.75) is 50.2 Å². The van der Waals surface area contributed by atoms with Crippen molar-refractivity contribution in [3.8, 4) is 0 Å². The molecule has 2 aliphatic rings. The van der Waals surface area contributed by atoms with Gasteiger partial charge in [-0.25, -0.2) is 5.43 Å². The average Bonchev–Trinajstić information content (AvgIpc) is 2.51. The van der Waals surface area contributed by atoms with Gasteiger partial charge in [0, 0.05) is 12.8 Å². The van der Waals surface area contributed by atoms with Crippen LogP contribution in [0.25, 0.3) is 0 Å².